The SMILES string of the molecule is CCOc1ccccc1N1CC[NH+](CC(=O)NC(=O)NC(C)C)CC1. The summed E-state index contributed by atoms with van der Waals surface area (Å²) in [6.07, 6.45) is 0. The predicted octanol–water partition coefficient (Wildman–Crippen LogP) is 0.0244. The highest BCUT2D eigenvalue weighted by molar-refractivity contribution is 5.94. The van der Waals surface area contributed by atoms with Crippen molar-refractivity contribution in [2.75, 3.05) is 44.2 Å². The molecule has 0 saturated carbocycles. The van der Waals surface area contributed by atoms with E-state index < -0.39 is 6.03 Å². The van der Waals surface area contributed by atoms with E-state index in [0.29, 0.717) is 13.2 Å². The summed E-state index contributed by atoms with van der Waals surface area (Å²) >= 11 is 0. The first kappa shape index (κ1) is 19.1. The second kappa shape index (κ2) is 9.27. The number of quaternary nitrogens is 1. The Hall–Kier alpha value is -2.28. The number of hydrogen-bond acceptors (Lipinski definition) is 4. The van der Waals surface area contributed by atoms with Gasteiger partial charge < -0.3 is 19.9 Å². The first-order valence-corrected chi connectivity index (χ1v) is 8.90. The number of piperazine rings is 1. The maximum Gasteiger partial charge on any atom is 0.321 e. The van der Waals surface area contributed by atoms with Crippen molar-refractivity contribution in [1.82, 2.24) is 10.6 Å². The molecule has 1 saturated heterocycles. The summed E-state index contributed by atoms with van der Waals surface area (Å²) < 4.78 is 5.70. The molecule has 7 heteroatoms. The van der Waals surface area contributed by atoms with Gasteiger partial charge in [0.15, 0.2) is 6.54 Å². The Morgan fingerprint density at radius 1 is 1.24 bits per heavy atom. The first-order valence-electron chi connectivity index (χ1n) is 8.90. The third-order valence-electron chi connectivity index (χ3n) is 4.06. The number of anilines is 1. The normalized spacial score (nSPS) is 15.1. The monoisotopic (exact) mass is 349 g/mol. The van der Waals surface area contributed by atoms with Gasteiger partial charge in [-0.1, -0.05) is 12.1 Å². The molecule has 1 aromatic rings. The van der Waals surface area contributed by atoms with Gasteiger partial charge in [0.25, 0.3) is 5.91 Å². The fourth-order valence-corrected chi connectivity index (χ4v) is 2.93. The van der Waals surface area contributed by atoms with Crippen LogP contribution < -0.4 is 25.2 Å². The lowest BCUT2D eigenvalue weighted by Gasteiger charge is -2.34. The van der Waals surface area contributed by atoms with E-state index in [0.717, 1.165) is 37.6 Å². The smallest absolute Gasteiger partial charge is 0.321 e. The molecule has 138 valence electrons. The van der Waals surface area contributed by atoms with Crippen molar-refractivity contribution in [1.29, 1.82) is 0 Å². The lowest BCUT2D eigenvalue weighted by atomic mass is 10.2. The van der Waals surface area contributed by atoms with E-state index in [1.165, 1.54) is 4.90 Å². The molecular formula is C18H29N4O3+. The largest absolute Gasteiger partial charge is 0.492 e. The van der Waals surface area contributed by atoms with E-state index in [2.05, 4.69) is 21.6 Å². The van der Waals surface area contributed by atoms with E-state index in [9.17, 15) is 9.59 Å². The Balaban J connectivity index is 1.82. The number of urea groups is 1. The Morgan fingerprint density at radius 3 is 2.56 bits per heavy atom. The number of benzene rings is 1. The topological polar surface area (TPSA) is 75.1 Å². The van der Waals surface area contributed by atoms with Crippen molar-refractivity contribution < 1.29 is 19.2 Å². The number of nitrogens with zero attached hydrogens (tertiary/aromatic N) is 1. The van der Waals surface area contributed by atoms with Crippen LogP contribution in [0.1, 0.15) is 20.8 Å². The molecule has 1 aliphatic heterocycles. The summed E-state index contributed by atoms with van der Waals surface area (Å²) in [6.45, 7) is 10.0. The molecule has 3 N–H and O–H groups in total. The fourth-order valence-electron chi connectivity index (χ4n) is 2.93. The van der Waals surface area contributed by atoms with E-state index >= 15 is 0 Å². The Bertz CT molecular complexity index is 583. The summed E-state index contributed by atoms with van der Waals surface area (Å²) in [7, 11) is 0. The minimum Gasteiger partial charge on any atom is -0.492 e. The highest BCUT2D eigenvalue weighted by Gasteiger charge is 2.24. The number of para-hydroxylation sites is 2. The number of hydrogen-bond donors (Lipinski definition) is 3. The number of carbonyl (C=O) groups is 2. The Kier molecular flexibility index (Phi) is 7.06. The molecule has 0 spiro atoms. The molecule has 3 amide bonds. The van der Waals surface area contributed by atoms with Gasteiger partial charge >= 0.3 is 6.03 Å². The third-order valence-corrected chi connectivity index (χ3v) is 4.06. The maximum absolute atomic E-state index is 12.0. The van der Waals surface area contributed by atoms with Crippen LogP contribution in [0.4, 0.5) is 10.5 Å². The molecule has 25 heavy (non-hydrogen) atoms. The quantitative estimate of drug-likeness (QED) is 0.677. The van der Waals surface area contributed by atoms with Crippen molar-refractivity contribution in [2.24, 2.45) is 0 Å². The van der Waals surface area contributed by atoms with Gasteiger partial charge in [0, 0.05) is 6.04 Å². The second-order valence-electron chi connectivity index (χ2n) is 6.49. The van der Waals surface area contributed by atoms with Gasteiger partial charge in [0.1, 0.15) is 5.75 Å². The number of rotatable bonds is 6. The van der Waals surface area contributed by atoms with Crippen LogP contribution in [0.15, 0.2) is 24.3 Å². The van der Waals surface area contributed by atoms with Gasteiger partial charge in [0.05, 0.1) is 38.5 Å². The first-order chi connectivity index (χ1) is 12.0. The van der Waals surface area contributed by atoms with Crippen molar-refractivity contribution in [2.45, 2.75) is 26.8 Å². The molecule has 1 aliphatic rings. The van der Waals surface area contributed by atoms with Crippen LogP contribution in [-0.4, -0.2) is 57.3 Å². The van der Waals surface area contributed by atoms with Crippen molar-refractivity contribution in [3.05, 3.63) is 24.3 Å². The third kappa shape index (κ3) is 5.94. The number of carbonyl (C=O) groups excluding carboxylic acids is 2. The van der Waals surface area contributed by atoms with Crippen molar-refractivity contribution in [3.63, 3.8) is 0 Å². The van der Waals surface area contributed by atoms with E-state index in [1.807, 2.05) is 39.0 Å². The molecule has 1 heterocycles. The molecule has 0 bridgehead atoms. The second-order valence-corrected chi connectivity index (χ2v) is 6.49. The number of imide groups is 1. The average molecular weight is 349 g/mol. The highest BCUT2D eigenvalue weighted by atomic mass is 16.5. The molecule has 7 nitrogen and oxygen atoms in total. The summed E-state index contributed by atoms with van der Waals surface area (Å²) in [5.74, 6) is 0.660. The van der Waals surface area contributed by atoms with Crippen LogP contribution in [0.2, 0.25) is 0 Å². The van der Waals surface area contributed by atoms with Gasteiger partial charge in [-0.15, -0.1) is 0 Å². The fraction of sp³-hybridized carbons (Fsp3) is 0.556. The Labute approximate surface area is 149 Å². The highest BCUT2D eigenvalue weighted by Crippen LogP contribution is 2.27. The lowest BCUT2D eigenvalue weighted by Crippen LogP contribution is -3.16. The zero-order valence-corrected chi connectivity index (χ0v) is 15.3. The number of ether oxygens (including phenoxy) is 1. The van der Waals surface area contributed by atoms with Gasteiger partial charge in [0.2, 0.25) is 0 Å². The standard InChI is InChI=1S/C18H28N4O3/c1-4-25-16-8-6-5-7-15(16)22-11-9-21(10-12-22)13-17(23)20-18(24)19-14(2)3/h5-8,14H,4,9-13H2,1-3H3,(H2,19,20,23,24)/p+1. The van der Waals surface area contributed by atoms with E-state index in [4.69, 9.17) is 4.74 Å². The van der Waals surface area contributed by atoms with Crippen LogP contribution in [0.25, 0.3) is 0 Å². The van der Waals surface area contributed by atoms with E-state index in [1.54, 1.807) is 0 Å². The Morgan fingerprint density at radius 2 is 1.92 bits per heavy atom. The summed E-state index contributed by atoms with van der Waals surface area (Å²) in [5, 5.41) is 5.04. The zero-order chi connectivity index (χ0) is 18.2. The van der Waals surface area contributed by atoms with Gasteiger partial charge in [-0.25, -0.2) is 4.79 Å². The van der Waals surface area contributed by atoms with Crippen LogP contribution >= 0.6 is 0 Å². The summed E-state index contributed by atoms with van der Waals surface area (Å²) in [5.41, 5.74) is 1.10. The number of amides is 3. The van der Waals surface area contributed by atoms with Crippen LogP contribution in [-0.2, 0) is 4.79 Å². The lowest BCUT2D eigenvalue weighted by molar-refractivity contribution is -0.892. The zero-order valence-electron chi connectivity index (χ0n) is 15.3. The van der Waals surface area contributed by atoms with Crippen LogP contribution in [0.3, 0.4) is 0 Å². The van der Waals surface area contributed by atoms with Crippen molar-refractivity contribution in [3.8, 4) is 5.75 Å². The maximum atomic E-state index is 12.0. The molecule has 0 atom stereocenters. The molecular weight excluding hydrogens is 320 g/mol. The van der Waals surface area contributed by atoms with Gasteiger partial charge in [-0.2, -0.15) is 0 Å². The van der Waals surface area contributed by atoms with Crippen LogP contribution in [0.5, 0.6) is 5.75 Å². The minimum absolute atomic E-state index is 0.00843. The molecule has 1 fully saturated rings. The van der Waals surface area contributed by atoms with Crippen LogP contribution in [0, 0.1) is 0 Å². The molecule has 2 rings (SSSR count). The molecule has 0 radical (unpaired) electrons. The van der Waals surface area contributed by atoms with Gasteiger partial charge in [-0.05, 0) is 32.9 Å². The predicted molar refractivity (Wildman–Crippen MR) is 97.2 cm³/mol. The van der Waals surface area contributed by atoms with E-state index in [-0.39, 0.29) is 11.9 Å². The van der Waals surface area contributed by atoms with Crippen molar-refractivity contribution >= 4 is 17.6 Å². The number of nitrogens with one attached hydrogen (secondary N) is 3. The molecule has 1 aromatic carbocycles. The summed E-state index contributed by atoms with van der Waals surface area (Å²) in [6, 6.07) is 7.62. The molecule has 0 aromatic heterocycles. The average Bonchev–Trinajstić information content (AvgIpc) is 2.55. The van der Waals surface area contributed by atoms with Gasteiger partial charge in [-0.3, -0.25) is 10.1 Å². The minimum atomic E-state index is -0.427. The summed E-state index contributed by atoms with van der Waals surface area (Å²) in [4.78, 5) is 27.0. The molecule has 0 unspecified atom stereocenters. The molecule has 0 aliphatic carbocycles.